The maximum atomic E-state index is 13.0. The molecule has 0 spiro atoms. The van der Waals surface area contributed by atoms with Gasteiger partial charge in [-0.25, -0.2) is 9.97 Å². The third-order valence-corrected chi connectivity index (χ3v) is 4.57. The first kappa shape index (κ1) is 24.6. The number of nitrogens with one attached hydrogen (secondary N) is 1. The van der Waals surface area contributed by atoms with Gasteiger partial charge >= 0.3 is 18.5 Å². The molecule has 3 nitrogen and oxygen atoms in total. The standard InChI is InChI=1S/C20H11ClF9N3/c21-17-32-9-15(11-1-3-12(4-2-11)18(22,23)24)16(33-17)31-8-10-5-13(19(25,26)27)7-14(6-10)20(28,29)30/h1-7,9H,8H2,(H,31,32,33). The molecule has 3 aromatic rings. The molecule has 0 saturated carbocycles. The molecule has 0 saturated heterocycles. The van der Waals surface area contributed by atoms with Gasteiger partial charge in [-0.15, -0.1) is 0 Å². The van der Waals surface area contributed by atoms with Crippen molar-refractivity contribution in [1.82, 2.24) is 9.97 Å². The largest absolute Gasteiger partial charge is 0.416 e. The van der Waals surface area contributed by atoms with E-state index in [9.17, 15) is 39.5 Å². The zero-order valence-electron chi connectivity index (χ0n) is 16.0. The van der Waals surface area contributed by atoms with Gasteiger partial charge in [0.1, 0.15) is 5.82 Å². The third-order valence-electron chi connectivity index (χ3n) is 4.39. The van der Waals surface area contributed by atoms with Crippen molar-refractivity contribution in [3.63, 3.8) is 0 Å². The van der Waals surface area contributed by atoms with Crippen molar-refractivity contribution >= 4 is 17.4 Å². The van der Waals surface area contributed by atoms with E-state index in [0.717, 1.165) is 30.5 Å². The molecule has 1 heterocycles. The van der Waals surface area contributed by atoms with E-state index in [1.807, 2.05) is 0 Å². The van der Waals surface area contributed by atoms with Gasteiger partial charge in [0.25, 0.3) is 0 Å². The maximum absolute atomic E-state index is 13.0. The normalized spacial score (nSPS) is 12.7. The molecule has 0 amide bonds. The van der Waals surface area contributed by atoms with Gasteiger partial charge < -0.3 is 5.32 Å². The van der Waals surface area contributed by atoms with E-state index in [1.54, 1.807) is 0 Å². The maximum Gasteiger partial charge on any atom is 0.416 e. The Labute approximate surface area is 185 Å². The first-order valence-electron chi connectivity index (χ1n) is 8.87. The topological polar surface area (TPSA) is 37.8 Å². The highest BCUT2D eigenvalue weighted by Crippen LogP contribution is 2.37. The molecule has 0 atom stereocenters. The highest BCUT2D eigenvalue weighted by molar-refractivity contribution is 6.28. The van der Waals surface area contributed by atoms with E-state index in [2.05, 4.69) is 15.3 Å². The predicted octanol–water partition coefficient (Wildman–Crippen LogP) is 7.47. The van der Waals surface area contributed by atoms with Crippen LogP contribution in [0.2, 0.25) is 5.28 Å². The molecular weight excluding hydrogens is 489 g/mol. The van der Waals surface area contributed by atoms with Crippen LogP contribution in [-0.2, 0) is 25.1 Å². The number of aromatic nitrogens is 2. The monoisotopic (exact) mass is 499 g/mol. The first-order chi connectivity index (χ1) is 15.1. The molecule has 0 fully saturated rings. The van der Waals surface area contributed by atoms with Crippen molar-refractivity contribution in [3.05, 3.63) is 76.2 Å². The van der Waals surface area contributed by atoms with Gasteiger partial charge in [0, 0.05) is 18.3 Å². The fourth-order valence-corrected chi connectivity index (χ4v) is 2.99. The summed E-state index contributed by atoms with van der Waals surface area (Å²) in [6, 6.07) is 4.93. The van der Waals surface area contributed by atoms with E-state index in [0.29, 0.717) is 12.1 Å². The molecule has 2 aromatic carbocycles. The van der Waals surface area contributed by atoms with Crippen LogP contribution in [0.15, 0.2) is 48.7 Å². The fraction of sp³-hybridized carbons (Fsp3) is 0.200. The molecule has 0 bridgehead atoms. The smallest absolute Gasteiger partial charge is 0.365 e. The minimum Gasteiger partial charge on any atom is -0.365 e. The zero-order valence-corrected chi connectivity index (χ0v) is 16.8. The Kier molecular flexibility index (Phi) is 6.51. The summed E-state index contributed by atoms with van der Waals surface area (Å²) in [6.45, 7) is -0.520. The van der Waals surface area contributed by atoms with Crippen LogP contribution in [0, 0.1) is 0 Å². The Morgan fingerprint density at radius 2 is 1.24 bits per heavy atom. The Balaban J connectivity index is 1.95. The number of benzene rings is 2. The fourth-order valence-electron chi connectivity index (χ4n) is 2.85. The SMILES string of the molecule is FC(F)(F)c1ccc(-c2cnc(Cl)nc2NCc2cc(C(F)(F)F)cc(C(F)(F)F)c2)cc1. The van der Waals surface area contributed by atoms with Crippen LogP contribution >= 0.6 is 11.6 Å². The summed E-state index contributed by atoms with van der Waals surface area (Å²) >= 11 is 5.73. The Morgan fingerprint density at radius 1 is 0.727 bits per heavy atom. The van der Waals surface area contributed by atoms with Gasteiger partial charge in [-0.2, -0.15) is 39.5 Å². The Morgan fingerprint density at radius 3 is 1.73 bits per heavy atom. The summed E-state index contributed by atoms with van der Waals surface area (Å²) in [5.41, 5.74) is -3.90. The van der Waals surface area contributed by atoms with Crippen LogP contribution < -0.4 is 5.32 Å². The number of anilines is 1. The second kappa shape index (κ2) is 8.73. The number of alkyl halides is 9. The van der Waals surface area contributed by atoms with Crippen LogP contribution in [0.5, 0.6) is 0 Å². The molecule has 0 unspecified atom stereocenters. The second-order valence-corrected chi connectivity index (χ2v) is 7.08. The number of hydrogen-bond donors (Lipinski definition) is 1. The lowest BCUT2D eigenvalue weighted by molar-refractivity contribution is -0.143. The van der Waals surface area contributed by atoms with E-state index in [4.69, 9.17) is 11.6 Å². The van der Waals surface area contributed by atoms with Crippen LogP contribution in [0.1, 0.15) is 22.3 Å². The molecule has 1 aromatic heterocycles. The van der Waals surface area contributed by atoms with Crippen molar-refractivity contribution in [2.75, 3.05) is 5.32 Å². The molecule has 0 radical (unpaired) electrons. The van der Waals surface area contributed by atoms with E-state index < -0.39 is 41.8 Å². The number of halogens is 10. The summed E-state index contributed by atoms with van der Waals surface area (Å²) in [7, 11) is 0. The third kappa shape index (κ3) is 6.06. The van der Waals surface area contributed by atoms with E-state index >= 15 is 0 Å². The van der Waals surface area contributed by atoms with Gasteiger partial charge in [-0.05, 0) is 53.1 Å². The molecule has 0 aliphatic heterocycles. The number of nitrogens with zero attached hydrogens (tertiary/aromatic N) is 2. The summed E-state index contributed by atoms with van der Waals surface area (Å²) in [6.07, 6.45) is -13.4. The number of rotatable bonds is 4. The molecule has 176 valence electrons. The van der Waals surface area contributed by atoms with Crippen molar-refractivity contribution in [3.8, 4) is 11.1 Å². The van der Waals surface area contributed by atoms with Crippen LogP contribution in [-0.4, -0.2) is 9.97 Å². The second-order valence-electron chi connectivity index (χ2n) is 6.74. The van der Waals surface area contributed by atoms with Crippen LogP contribution in [0.25, 0.3) is 11.1 Å². The van der Waals surface area contributed by atoms with Crippen LogP contribution in [0.3, 0.4) is 0 Å². The molecule has 0 aliphatic carbocycles. The lowest BCUT2D eigenvalue weighted by Crippen LogP contribution is -2.13. The van der Waals surface area contributed by atoms with Gasteiger partial charge in [-0.1, -0.05) is 12.1 Å². The van der Waals surface area contributed by atoms with Crippen molar-refractivity contribution in [2.45, 2.75) is 25.1 Å². The summed E-state index contributed by atoms with van der Waals surface area (Å²) in [5.74, 6) is -0.0965. The van der Waals surface area contributed by atoms with Crippen molar-refractivity contribution < 1.29 is 39.5 Å². The van der Waals surface area contributed by atoms with Crippen molar-refractivity contribution in [2.24, 2.45) is 0 Å². The first-order valence-corrected chi connectivity index (χ1v) is 9.25. The number of hydrogen-bond acceptors (Lipinski definition) is 3. The van der Waals surface area contributed by atoms with Crippen LogP contribution in [0.4, 0.5) is 45.3 Å². The lowest BCUT2D eigenvalue weighted by atomic mass is 10.0. The highest BCUT2D eigenvalue weighted by Gasteiger charge is 2.37. The van der Waals surface area contributed by atoms with E-state index in [1.165, 1.54) is 0 Å². The summed E-state index contributed by atoms with van der Waals surface area (Å²) < 4.78 is 117. The van der Waals surface area contributed by atoms with Gasteiger partial charge in [0.05, 0.1) is 16.7 Å². The summed E-state index contributed by atoms with van der Waals surface area (Å²) in [5, 5.41) is 2.28. The minimum absolute atomic E-state index is 0.00130. The average molecular weight is 500 g/mol. The van der Waals surface area contributed by atoms with Gasteiger partial charge in [0.15, 0.2) is 0 Å². The molecular formula is C20H11ClF9N3. The highest BCUT2D eigenvalue weighted by atomic mass is 35.5. The molecule has 33 heavy (non-hydrogen) atoms. The minimum atomic E-state index is -5.01. The average Bonchev–Trinajstić information content (AvgIpc) is 2.70. The molecule has 1 N–H and O–H groups in total. The molecule has 3 rings (SSSR count). The lowest BCUT2D eigenvalue weighted by Gasteiger charge is -2.16. The molecule has 13 heteroatoms. The van der Waals surface area contributed by atoms with E-state index in [-0.39, 0.29) is 33.9 Å². The quantitative estimate of drug-likeness (QED) is 0.299. The Bertz CT molecular complexity index is 1110. The van der Waals surface area contributed by atoms with Gasteiger partial charge in [0.2, 0.25) is 5.28 Å². The summed E-state index contributed by atoms with van der Waals surface area (Å²) in [4.78, 5) is 7.58. The molecule has 0 aliphatic rings. The van der Waals surface area contributed by atoms with Gasteiger partial charge in [-0.3, -0.25) is 0 Å². The Hall–Kier alpha value is -3.02. The zero-order chi connectivity index (χ0) is 24.6. The van der Waals surface area contributed by atoms with Crippen molar-refractivity contribution in [1.29, 1.82) is 0 Å². The predicted molar refractivity (Wildman–Crippen MR) is 101 cm³/mol.